The number of carbonyl (C=O) groups excluding carboxylic acids is 1. The summed E-state index contributed by atoms with van der Waals surface area (Å²) in [6, 6.07) is 8.57. The van der Waals surface area contributed by atoms with Crippen LogP contribution in [0.5, 0.6) is 0 Å². The molecule has 0 spiro atoms. The van der Waals surface area contributed by atoms with Gasteiger partial charge in [-0.15, -0.1) is 0 Å². The van der Waals surface area contributed by atoms with E-state index in [1.54, 1.807) is 12.1 Å². The molecule has 8 heteroatoms. The van der Waals surface area contributed by atoms with Gasteiger partial charge in [-0.25, -0.2) is 0 Å². The second-order valence-electron chi connectivity index (χ2n) is 4.99. The van der Waals surface area contributed by atoms with E-state index in [0.29, 0.717) is 6.42 Å². The summed E-state index contributed by atoms with van der Waals surface area (Å²) < 4.78 is 40.1. The summed E-state index contributed by atoms with van der Waals surface area (Å²) in [6.07, 6.45) is -4.08. The summed E-state index contributed by atoms with van der Waals surface area (Å²) in [5.74, 6) is -1.72. The third-order valence-electron chi connectivity index (χ3n) is 2.90. The maximum atomic E-state index is 11.9. The Morgan fingerprint density at radius 3 is 2.43 bits per heavy atom. The van der Waals surface area contributed by atoms with Crippen LogP contribution in [-0.2, 0) is 20.7 Å². The lowest BCUT2D eigenvalue weighted by molar-refractivity contribution is -0.175. The van der Waals surface area contributed by atoms with Gasteiger partial charge in [-0.05, 0) is 18.4 Å². The largest absolute Gasteiger partial charge is 0.481 e. The highest BCUT2D eigenvalue weighted by molar-refractivity contribution is 5.77. The first-order valence-electron chi connectivity index (χ1n) is 6.96. The van der Waals surface area contributed by atoms with E-state index in [1.165, 1.54) is 0 Å². The zero-order chi connectivity index (χ0) is 17.3. The number of carboxylic acid groups (broad SMARTS) is 1. The van der Waals surface area contributed by atoms with E-state index in [4.69, 9.17) is 5.11 Å². The van der Waals surface area contributed by atoms with Crippen LogP contribution in [0.1, 0.15) is 18.4 Å². The molecule has 1 unspecified atom stereocenters. The van der Waals surface area contributed by atoms with E-state index >= 15 is 0 Å². The molecule has 0 saturated carbocycles. The van der Waals surface area contributed by atoms with Gasteiger partial charge < -0.3 is 15.2 Å². The molecule has 0 saturated heterocycles. The number of aliphatic carboxylic acids is 1. The molecule has 1 atom stereocenters. The van der Waals surface area contributed by atoms with E-state index in [9.17, 15) is 22.8 Å². The van der Waals surface area contributed by atoms with Gasteiger partial charge in [-0.3, -0.25) is 9.59 Å². The molecule has 0 aromatic heterocycles. The molecule has 1 rings (SSSR count). The number of nitrogens with one attached hydrogen (secondary N) is 1. The fraction of sp³-hybridized carbons (Fsp3) is 0.467. The van der Waals surface area contributed by atoms with Gasteiger partial charge in [0.1, 0.15) is 13.2 Å². The number of carbonyl (C=O) groups is 2. The SMILES string of the molecule is O=C(O)CCC(Cc1ccccc1)NC(=O)COCC(F)(F)F. The van der Waals surface area contributed by atoms with Crippen molar-refractivity contribution in [1.29, 1.82) is 0 Å². The number of halogens is 3. The molecule has 0 bridgehead atoms. The van der Waals surface area contributed by atoms with Crippen LogP contribution >= 0.6 is 0 Å². The highest BCUT2D eigenvalue weighted by Crippen LogP contribution is 2.14. The lowest BCUT2D eigenvalue weighted by Gasteiger charge is -2.18. The summed E-state index contributed by atoms with van der Waals surface area (Å²) in [7, 11) is 0. The fourth-order valence-electron chi connectivity index (χ4n) is 1.95. The standard InChI is InChI=1S/C15H18F3NO4/c16-15(17,18)10-23-9-13(20)19-12(6-7-14(21)22)8-11-4-2-1-3-5-11/h1-5,12H,6-10H2,(H,19,20)(H,21,22). The van der Waals surface area contributed by atoms with Crippen molar-refractivity contribution in [2.75, 3.05) is 13.2 Å². The van der Waals surface area contributed by atoms with E-state index in [0.717, 1.165) is 5.56 Å². The van der Waals surface area contributed by atoms with Crippen LogP contribution in [0, 0.1) is 0 Å². The van der Waals surface area contributed by atoms with Crippen LogP contribution < -0.4 is 5.32 Å². The molecule has 1 aromatic carbocycles. The molecule has 23 heavy (non-hydrogen) atoms. The van der Waals surface area contributed by atoms with Crippen molar-refractivity contribution in [3.05, 3.63) is 35.9 Å². The van der Waals surface area contributed by atoms with Crippen LogP contribution in [0.25, 0.3) is 0 Å². The van der Waals surface area contributed by atoms with E-state index in [2.05, 4.69) is 10.1 Å². The summed E-state index contributed by atoms with van der Waals surface area (Å²) in [5, 5.41) is 11.2. The molecule has 0 aliphatic carbocycles. The topological polar surface area (TPSA) is 75.6 Å². The number of alkyl halides is 3. The Bertz CT molecular complexity index is 505. The summed E-state index contributed by atoms with van der Waals surface area (Å²) in [5.41, 5.74) is 0.888. The number of hydrogen-bond donors (Lipinski definition) is 2. The van der Waals surface area contributed by atoms with Gasteiger partial charge in [0.15, 0.2) is 0 Å². The van der Waals surface area contributed by atoms with E-state index in [1.807, 2.05) is 18.2 Å². The first kappa shape index (κ1) is 19.0. The number of benzene rings is 1. The maximum absolute atomic E-state index is 11.9. The minimum Gasteiger partial charge on any atom is -0.481 e. The molecule has 128 valence electrons. The Morgan fingerprint density at radius 1 is 1.22 bits per heavy atom. The molecule has 2 N–H and O–H groups in total. The minimum atomic E-state index is -4.49. The zero-order valence-corrected chi connectivity index (χ0v) is 12.3. The smallest absolute Gasteiger partial charge is 0.411 e. The van der Waals surface area contributed by atoms with Gasteiger partial charge in [0.05, 0.1) is 0 Å². The van der Waals surface area contributed by atoms with Gasteiger partial charge in [0.2, 0.25) is 5.91 Å². The summed E-state index contributed by atoms with van der Waals surface area (Å²) >= 11 is 0. The zero-order valence-electron chi connectivity index (χ0n) is 12.3. The third-order valence-corrected chi connectivity index (χ3v) is 2.90. The van der Waals surface area contributed by atoms with Crippen LogP contribution in [-0.4, -0.2) is 42.4 Å². The van der Waals surface area contributed by atoms with Gasteiger partial charge in [0, 0.05) is 12.5 Å². The molecule has 0 radical (unpaired) electrons. The van der Waals surface area contributed by atoms with Crippen molar-refractivity contribution >= 4 is 11.9 Å². The highest BCUT2D eigenvalue weighted by Gasteiger charge is 2.28. The van der Waals surface area contributed by atoms with Crippen LogP contribution in [0.2, 0.25) is 0 Å². The average Bonchev–Trinajstić information content (AvgIpc) is 2.44. The van der Waals surface area contributed by atoms with Crippen LogP contribution in [0.4, 0.5) is 13.2 Å². The average molecular weight is 333 g/mol. The number of hydrogen-bond acceptors (Lipinski definition) is 3. The highest BCUT2D eigenvalue weighted by atomic mass is 19.4. The Labute approximate surface area is 131 Å². The van der Waals surface area contributed by atoms with E-state index in [-0.39, 0.29) is 12.8 Å². The van der Waals surface area contributed by atoms with Crippen LogP contribution in [0.15, 0.2) is 30.3 Å². The molecule has 0 aliphatic heterocycles. The predicted octanol–water partition coefficient (Wildman–Crippen LogP) is 2.16. The summed E-state index contributed by atoms with van der Waals surface area (Å²) in [4.78, 5) is 22.3. The van der Waals surface area contributed by atoms with Crippen LogP contribution in [0.3, 0.4) is 0 Å². The van der Waals surface area contributed by atoms with Crippen molar-refractivity contribution < 1.29 is 32.6 Å². The molecule has 0 heterocycles. The van der Waals surface area contributed by atoms with Crippen molar-refractivity contribution in [3.63, 3.8) is 0 Å². The quantitative estimate of drug-likeness (QED) is 0.726. The number of amides is 1. The van der Waals surface area contributed by atoms with Gasteiger partial charge in [-0.1, -0.05) is 30.3 Å². The monoisotopic (exact) mass is 333 g/mol. The normalized spacial score (nSPS) is 12.7. The third kappa shape index (κ3) is 9.51. The number of ether oxygens (including phenoxy) is 1. The molecule has 1 aromatic rings. The van der Waals surface area contributed by atoms with Crippen molar-refractivity contribution in [3.8, 4) is 0 Å². The van der Waals surface area contributed by atoms with Gasteiger partial charge >= 0.3 is 12.1 Å². The Hall–Kier alpha value is -2.09. The first-order chi connectivity index (χ1) is 10.8. The Kier molecular flexibility index (Phi) is 7.53. The van der Waals surface area contributed by atoms with Gasteiger partial charge in [-0.2, -0.15) is 13.2 Å². The lowest BCUT2D eigenvalue weighted by Crippen LogP contribution is -2.39. The molecule has 0 aliphatic rings. The Balaban J connectivity index is 2.51. The maximum Gasteiger partial charge on any atom is 0.411 e. The molecule has 5 nitrogen and oxygen atoms in total. The fourth-order valence-corrected chi connectivity index (χ4v) is 1.95. The number of rotatable bonds is 9. The second-order valence-corrected chi connectivity index (χ2v) is 4.99. The molecule has 1 amide bonds. The molecular formula is C15H18F3NO4. The first-order valence-corrected chi connectivity index (χ1v) is 6.96. The van der Waals surface area contributed by atoms with E-state index < -0.39 is 37.3 Å². The number of carboxylic acids is 1. The van der Waals surface area contributed by atoms with Crippen molar-refractivity contribution in [2.24, 2.45) is 0 Å². The molecular weight excluding hydrogens is 315 g/mol. The van der Waals surface area contributed by atoms with Gasteiger partial charge in [0.25, 0.3) is 0 Å². The van der Waals surface area contributed by atoms with Crippen molar-refractivity contribution in [1.82, 2.24) is 5.32 Å². The second kappa shape index (κ2) is 9.14. The lowest BCUT2D eigenvalue weighted by atomic mass is 10.0. The van der Waals surface area contributed by atoms with Crippen molar-refractivity contribution in [2.45, 2.75) is 31.5 Å². The predicted molar refractivity (Wildman–Crippen MR) is 75.8 cm³/mol. The minimum absolute atomic E-state index is 0.152. The molecule has 0 fully saturated rings. The Morgan fingerprint density at radius 2 is 1.87 bits per heavy atom. The summed E-state index contributed by atoms with van der Waals surface area (Å²) in [6.45, 7) is -2.23.